The van der Waals surface area contributed by atoms with Crippen LogP contribution >= 0.6 is 0 Å². The van der Waals surface area contributed by atoms with Gasteiger partial charge in [0.15, 0.2) is 0 Å². The number of rotatable bonds is 2. The summed E-state index contributed by atoms with van der Waals surface area (Å²) < 4.78 is 77.6. The maximum atomic E-state index is 12.9. The molecule has 5 aromatic rings. The molecule has 0 N–H and O–H groups in total. The summed E-state index contributed by atoms with van der Waals surface area (Å²) in [7, 11) is 0. The molecule has 0 unspecified atom stereocenters. The summed E-state index contributed by atoms with van der Waals surface area (Å²) in [4.78, 5) is 8.88. The predicted octanol–water partition coefficient (Wildman–Crippen LogP) is 8.15. The Kier molecular flexibility index (Phi) is 5.04. The first-order chi connectivity index (χ1) is 16.1. The Morgan fingerprint density at radius 2 is 0.794 bits per heavy atom. The van der Waals surface area contributed by atoms with Gasteiger partial charge in [0.05, 0.1) is 22.2 Å². The van der Waals surface area contributed by atoms with Gasteiger partial charge in [-0.05, 0) is 58.7 Å². The first kappa shape index (κ1) is 21.9. The minimum atomic E-state index is -4.42. The quantitative estimate of drug-likeness (QED) is 0.193. The van der Waals surface area contributed by atoms with E-state index < -0.39 is 23.5 Å². The largest absolute Gasteiger partial charge is 0.416 e. The summed E-state index contributed by atoms with van der Waals surface area (Å²) in [6.07, 6.45) is -5.73. The topological polar surface area (TPSA) is 25.8 Å². The SMILES string of the molecule is FC(F)(F)c1ccc(-c2ccnc3c2ccc2c(-c4ccc(C(F)(F)F)cc4)ccnc23)cc1. The zero-order chi connectivity index (χ0) is 24.1. The lowest BCUT2D eigenvalue weighted by Crippen LogP contribution is -2.04. The maximum Gasteiger partial charge on any atom is 0.416 e. The normalized spacial score (nSPS) is 12.4. The summed E-state index contributed by atoms with van der Waals surface area (Å²) in [5, 5.41) is 1.40. The van der Waals surface area contributed by atoms with Gasteiger partial charge < -0.3 is 0 Å². The molecule has 3 aromatic carbocycles. The van der Waals surface area contributed by atoms with Gasteiger partial charge in [0.1, 0.15) is 0 Å². The average Bonchev–Trinajstić information content (AvgIpc) is 2.82. The number of hydrogen-bond donors (Lipinski definition) is 0. The van der Waals surface area contributed by atoms with Gasteiger partial charge in [-0.15, -0.1) is 0 Å². The standard InChI is InChI=1S/C26H14F6N2/c27-25(28,29)17-5-1-15(2-6-17)19-11-13-33-23-21(19)9-10-22-20(12-14-34-24(22)23)16-3-7-18(8-4-16)26(30,31)32/h1-14H. The number of nitrogens with zero attached hydrogens (tertiary/aromatic N) is 2. The van der Waals surface area contributed by atoms with Gasteiger partial charge in [0.2, 0.25) is 0 Å². The number of halogens is 6. The van der Waals surface area contributed by atoms with E-state index in [1.165, 1.54) is 24.3 Å². The second-order valence-electron chi connectivity index (χ2n) is 7.73. The maximum absolute atomic E-state index is 12.9. The third-order valence-corrected chi connectivity index (χ3v) is 5.67. The van der Waals surface area contributed by atoms with Gasteiger partial charge in [-0.3, -0.25) is 9.97 Å². The second-order valence-corrected chi connectivity index (χ2v) is 7.73. The van der Waals surface area contributed by atoms with E-state index >= 15 is 0 Å². The number of fused-ring (bicyclic) bond motifs is 3. The van der Waals surface area contributed by atoms with Crippen LogP contribution in [0.1, 0.15) is 11.1 Å². The molecule has 0 aliphatic rings. The van der Waals surface area contributed by atoms with E-state index in [2.05, 4.69) is 9.97 Å². The monoisotopic (exact) mass is 468 g/mol. The van der Waals surface area contributed by atoms with Crippen LogP contribution in [0, 0.1) is 0 Å². The molecular weight excluding hydrogens is 454 g/mol. The van der Waals surface area contributed by atoms with Crippen LogP contribution in [0.3, 0.4) is 0 Å². The lowest BCUT2D eigenvalue weighted by molar-refractivity contribution is -0.138. The molecule has 34 heavy (non-hydrogen) atoms. The second kappa shape index (κ2) is 7.83. The van der Waals surface area contributed by atoms with E-state index in [0.717, 1.165) is 24.3 Å². The molecule has 2 nitrogen and oxygen atoms in total. The van der Waals surface area contributed by atoms with E-state index in [9.17, 15) is 26.3 Å². The minimum absolute atomic E-state index is 0.545. The van der Waals surface area contributed by atoms with Crippen molar-refractivity contribution < 1.29 is 26.3 Å². The Labute approximate surface area is 189 Å². The highest BCUT2D eigenvalue weighted by Gasteiger charge is 2.31. The summed E-state index contributed by atoms with van der Waals surface area (Å²) in [5.41, 5.74) is 2.21. The summed E-state index contributed by atoms with van der Waals surface area (Å²) in [6, 6.07) is 16.8. The van der Waals surface area contributed by atoms with Crippen molar-refractivity contribution in [3.8, 4) is 22.3 Å². The fraction of sp³-hybridized carbons (Fsp3) is 0.0769. The van der Waals surface area contributed by atoms with Crippen molar-refractivity contribution in [3.63, 3.8) is 0 Å². The fourth-order valence-electron chi connectivity index (χ4n) is 4.01. The molecule has 0 atom stereocenters. The Morgan fingerprint density at radius 1 is 0.441 bits per heavy atom. The molecule has 0 saturated heterocycles. The van der Waals surface area contributed by atoms with Gasteiger partial charge in [0, 0.05) is 23.2 Å². The van der Waals surface area contributed by atoms with Gasteiger partial charge in [-0.1, -0.05) is 36.4 Å². The van der Waals surface area contributed by atoms with Crippen LogP contribution in [0.4, 0.5) is 26.3 Å². The number of benzene rings is 3. The molecule has 0 spiro atoms. The molecule has 0 fully saturated rings. The highest BCUT2D eigenvalue weighted by Crippen LogP contribution is 2.37. The third-order valence-electron chi connectivity index (χ3n) is 5.67. The van der Waals surface area contributed by atoms with Crippen LogP contribution in [0.2, 0.25) is 0 Å². The van der Waals surface area contributed by atoms with Crippen LogP contribution < -0.4 is 0 Å². The molecule has 0 amide bonds. The van der Waals surface area contributed by atoms with Crippen LogP contribution in [0.15, 0.2) is 85.2 Å². The smallest absolute Gasteiger partial charge is 0.254 e. The van der Waals surface area contributed by atoms with Gasteiger partial charge in [-0.25, -0.2) is 0 Å². The highest BCUT2D eigenvalue weighted by atomic mass is 19.4. The molecule has 8 heteroatoms. The zero-order valence-electron chi connectivity index (χ0n) is 17.2. The Morgan fingerprint density at radius 3 is 1.12 bits per heavy atom. The number of hydrogen-bond acceptors (Lipinski definition) is 2. The molecule has 170 valence electrons. The van der Waals surface area contributed by atoms with E-state index in [0.29, 0.717) is 44.1 Å². The first-order valence-corrected chi connectivity index (χ1v) is 10.1. The number of aromatic nitrogens is 2. The van der Waals surface area contributed by atoms with Crippen molar-refractivity contribution in [1.82, 2.24) is 9.97 Å². The summed E-state index contributed by atoms with van der Waals surface area (Å²) >= 11 is 0. The van der Waals surface area contributed by atoms with Crippen LogP contribution in [0.5, 0.6) is 0 Å². The number of alkyl halides is 6. The fourth-order valence-corrected chi connectivity index (χ4v) is 4.01. The van der Waals surface area contributed by atoms with Crippen molar-refractivity contribution >= 4 is 21.8 Å². The predicted molar refractivity (Wildman–Crippen MR) is 118 cm³/mol. The van der Waals surface area contributed by atoms with E-state index in [4.69, 9.17) is 0 Å². The average molecular weight is 468 g/mol. The van der Waals surface area contributed by atoms with Crippen molar-refractivity contribution in [2.75, 3.05) is 0 Å². The number of pyridine rings is 2. The molecule has 0 bridgehead atoms. The van der Waals surface area contributed by atoms with Crippen molar-refractivity contribution in [1.29, 1.82) is 0 Å². The first-order valence-electron chi connectivity index (χ1n) is 10.1. The van der Waals surface area contributed by atoms with Crippen LogP contribution in [-0.2, 0) is 12.4 Å². The van der Waals surface area contributed by atoms with Gasteiger partial charge in [-0.2, -0.15) is 26.3 Å². The van der Waals surface area contributed by atoms with E-state index in [1.807, 2.05) is 0 Å². The molecule has 0 aliphatic carbocycles. The molecule has 5 rings (SSSR count). The Bertz CT molecular complexity index is 1390. The molecule has 0 aliphatic heterocycles. The minimum Gasteiger partial charge on any atom is -0.254 e. The van der Waals surface area contributed by atoms with Crippen molar-refractivity contribution in [3.05, 3.63) is 96.3 Å². The molecular formula is C26H14F6N2. The van der Waals surface area contributed by atoms with E-state index in [-0.39, 0.29) is 0 Å². The lowest BCUT2D eigenvalue weighted by Gasteiger charge is -2.12. The Hall–Kier alpha value is -3.94. The van der Waals surface area contributed by atoms with Gasteiger partial charge in [0.25, 0.3) is 0 Å². The molecule has 0 radical (unpaired) electrons. The third kappa shape index (κ3) is 3.85. The summed E-state index contributed by atoms with van der Waals surface area (Å²) in [5.74, 6) is 0. The molecule has 0 saturated carbocycles. The summed E-state index contributed by atoms with van der Waals surface area (Å²) in [6.45, 7) is 0. The van der Waals surface area contributed by atoms with Crippen molar-refractivity contribution in [2.45, 2.75) is 12.4 Å². The van der Waals surface area contributed by atoms with Crippen LogP contribution in [-0.4, -0.2) is 9.97 Å². The van der Waals surface area contributed by atoms with E-state index in [1.54, 1.807) is 36.7 Å². The van der Waals surface area contributed by atoms with Crippen LogP contribution in [0.25, 0.3) is 44.1 Å². The van der Waals surface area contributed by atoms with Gasteiger partial charge >= 0.3 is 12.4 Å². The lowest BCUT2D eigenvalue weighted by atomic mass is 9.96. The van der Waals surface area contributed by atoms with Crippen molar-refractivity contribution in [2.24, 2.45) is 0 Å². The molecule has 2 heterocycles. The molecule has 2 aromatic heterocycles. The highest BCUT2D eigenvalue weighted by molar-refractivity contribution is 6.11. The zero-order valence-corrected chi connectivity index (χ0v) is 17.2. The Balaban J connectivity index is 1.64.